The van der Waals surface area contributed by atoms with Crippen molar-refractivity contribution in [1.29, 1.82) is 0 Å². The fraction of sp³-hybridized carbons (Fsp3) is 0.0769. The van der Waals surface area contributed by atoms with Crippen LogP contribution < -0.4 is 5.73 Å². The molecule has 0 atom stereocenters. The number of nitrogen functional groups attached to an aromatic ring is 1. The van der Waals surface area contributed by atoms with Crippen molar-refractivity contribution in [1.82, 2.24) is 14.6 Å². The summed E-state index contributed by atoms with van der Waals surface area (Å²) in [7, 11) is 0. The van der Waals surface area contributed by atoms with E-state index in [1.807, 2.05) is 43.5 Å². The van der Waals surface area contributed by atoms with Gasteiger partial charge in [-0.2, -0.15) is 0 Å². The summed E-state index contributed by atoms with van der Waals surface area (Å²) in [5.41, 5.74) is 9.02. The molecule has 4 nitrogen and oxygen atoms in total. The fourth-order valence-corrected chi connectivity index (χ4v) is 2.17. The first-order chi connectivity index (χ1) is 8.63. The van der Waals surface area contributed by atoms with Crippen molar-refractivity contribution in [2.45, 2.75) is 6.92 Å². The molecule has 0 unspecified atom stereocenters. The highest BCUT2D eigenvalue weighted by molar-refractivity contribution is 6.33. The molecule has 3 rings (SSSR count). The van der Waals surface area contributed by atoms with Crippen molar-refractivity contribution < 1.29 is 0 Å². The van der Waals surface area contributed by atoms with Gasteiger partial charge in [-0.15, -0.1) is 5.10 Å². The lowest BCUT2D eigenvalue weighted by atomic mass is 10.2. The molecule has 18 heavy (non-hydrogen) atoms. The predicted molar refractivity (Wildman–Crippen MR) is 72.6 cm³/mol. The molecular formula is C13H11ClN4. The van der Waals surface area contributed by atoms with Gasteiger partial charge >= 0.3 is 0 Å². The number of aromatic nitrogens is 3. The molecule has 0 aliphatic carbocycles. The molecule has 0 radical (unpaired) electrons. The highest BCUT2D eigenvalue weighted by Crippen LogP contribution is 2.22. The van der Waals surface area contributed by atoms with Crippen LogP contribution in [-0.2, 0) is 0 Å². The number of nitrogens with zero attached hydrogens (tertiary/aromatic N) is 3. The van der Waals surface area contributed by atoms with Crippen LogP contribution in [0.3, 0.4) is 0 Å². The zero-order chi connectivity index (χ0) is 12.7. The lowest BCUT2D eigenvalue weighted by Crippen LogP contribution is -1.89. The Labute approximate surface area is 109 Å². The van der Waals surface area contributed by atoms with Crippen LogP contribution in [0.1, 0.15) is 5.56 Å². The average molecular weight is 259 g/mol. The van der Waals surface area contributed by atoms with E-state index in [-0.39, 0.29) is 0 Å². The fourth-order valence-electron chi connectivity index (χ4n) is 1.87. The van der Waals surface area contributed by atoms with E-state index in [0.717, 1.165) is 11.1 Å². The molecule has 2 heterocycles. The SMILES string of the molecule is Cc1cc(Cl)c2nc(-c3cccc(N)c3)nn2c1. The number of hydrogen-bond donors (Lipinski definition) is 1. The second kappa shape index (κ2) is 3.99. The Morgan fingerprint density at radius 1 is 1.28 bits per heavy atom. The molecule has 0 amide bonds. The molecule has 2 aromatic heterocycles. The molecule has 0 saturated heterocycles. The molecule has 0 fully saturated rings. The first-order valence-corrected chi connectivity index (χ1v) is 5.90. The van der Waals surface area contributed by atoms with Gasteiger partial charge in [-0.3, -0.25) is 0 Å². The van der Waals surface area contributed by atoms with Crippen LogP contribution in [0.15, 0.2) is 36.5 Å². The van der Waals surface area contributed by atoms with Crippen molar-refractivity contribution in [2.24, 2.45) is 0 Å². The topological polar surface area (TPSA) is 56.2 Å². The van der Waals surface area contributed by atoms with E-state index in [1.54, 1.807) is 4.52 Å². The third-order valence-electron chi connectivity index (χ3n) is 2.67. The Morgan fingerprint density at radius 2 is 2.11 bits per heavy atom. The van der Waals surface area contributed by atoms with Gasteiger partial charge in [0.05, 0.1) is 5.02 Å². The molecule has 0 bridgehead atoms. The highest BCUT2D eigenvalue weighted by Gasteiger charge is 2.09. The Kier molecular flexibility index (Phi) is 2.45. The second-order valence-electron chi connectivity index (χ2n) is 4.19. The normalized spacial score (nSPS) is 11.0. The first kappa shape index (κ1) is 11.0. The number of fused-ring (bicyclic) bond motifs is 1. The van der Waals surface area contributed by atoms with Gasteiger partial charge in [0.1, 0.15) is 0 Å². The average Bonchev–Trinajstić information content (AvgIpc) is 2.73. The maximum Gasteiger partial charge on any atom is 0.182 e. The van der Waals surface area contributed by atoms with Crippen LogP contribution in [0.25, 0.3) is 17.0 Å². The quantitative estimate of drug-likeness (QED) is 0.683. The van der Waals surface area contributed by atoms with E-state index in [0.29, 0.717) is 22.2 Å². The van der Waals surface area contributed by atoms with E-state index in [2.05, 4.69) is 10.1 Å². The maximum atomic E-state index is 6.15. The predicted octanol–water partition coefficient (Wildman–Crippen LogP) is 2.94. The highest BCUT2D eigenvalue weighted by atomic mass is 35.5. The third-order valence-corrected chi connectivity index (χ3v) is 2.95. The van der Waals surface area contributed by atoms with E-state index in [1.165, 1.54) is 0 Å². The molecule has 0 aliphatic heterocycles. The van der Waals surface area contributed by atoms with Crippen LogP contribution in [0, 0.1) is 6.92 Å². The Bertz CT molecular complexity index is 733. The Hall–Kier alpha value is -2.07. The Balaban J connectivity index is 2.22. The van der Waals surface area contributed by atoms with Crippen LogP contribution >= 0.6 is 11.6 Å². The van der Waals surface area contributed by atoms with Gasteiger partial charge in [-0.05, 0) is 30.7 Å². The number of hydrogen-bond acceptors (Lipinski definition) is 3. The van der Waals surface area contributed by atoms with Crippen molar-refractivity contribution in [3.05, 3.63) is 47.1 Å². The first-order valence-electron chi connectivity index (χ1n) is 5.52. The van der Waals surface area contributed by atoms with Gasteiger partial charge < -0.3 is 5.73 Å². The van der Waals surface area contributed by atoms with Crippen LogP contribution in [-0.4, -0.2) is 14.6 Å². The van der Waals surface area contributed by atoms with Gasteiger partial charge in [0.2, 0.25) is 0 Å². The molecule has 1 aromatic carbocycles. The maximum absolute atomic E-state index is 6.15. The number of benzene rings is 1. The standard InChI is InChI=1S/C13H11ClN4/c1-8-5-11(14)13-16-12(17-18(13)7-8)9-3-2-4-10(15)6-9/h2-7H,15H2,1H3. The minimum atomic E-state index is 0.595. The lowest BCUT2D eigenvalue weighted by Gasteiger charge is -1.96. The van der Waals surface area contributed by atoms with Gasteiger partial charge in [0, 0.05) is 17.4 Å². The number of rotatable bonds is 1. The summed E-state index contributed by atoms with van der Waals surface area (Å²) in [6, 6.07) is 9.34. The van der Waals surface area contributed by atoms with Crippen LogP contribution in [0.2, 0.25) is 5.02 Å². The van der Waals surface area contributed by atoms with E-state index in [4.69, 9.17) is 17.3 Å². The summed E-state index contributed by atoms with van der Waals surface area (Å²) < 4.78 is 1.69. The molecule has 2 N–H and O–H groups in total. The van der Waals surface area contributed by atoms with Crippen LogP contribution in [0.4, 0.5) is 5.69 Å². The number of halogens is 1. The van der Waals surface area contributed by atoms with Crippen molar-refractivity contribution in [2.75, 3.05) is 5.73 Å². The molecule has 0 saturated carbocycles. The lowest BCUT2D eigenvalue weighted by molar-refractivity contribution is 0.956. The number of anilines is 1. The van der Waals surface area contributed by atoms with Crippen molar-refractivity contribution in [3.63, 3.8) is 0 Å². The molecular weight excluding hydrogens is 248 g/mol. The van der Waals surface area contributed by atoms with E-state index in [9.17, 15) is 0 Å². The number of nitrogens with two attached hydrogens (primary N) is 1. The summed E-state index contributed by atoms with van der Waals surface area (Å²) in [4.78, 5) is 4.43. The monoisotopic (exact) mass is 258 g/mol. The summed E-state index contributed by atoms with van der Waals surface area (Å²) in [6.07, 6.45) is 1.89. The van der Waals surface area contributed by atoms with Crippen LogP contribution in [0.5, 0.6) is 0 Å². The Morgan fingerprint density at radius 3 is 2.89 bits per heavy atom. The second-order valence-corrected chi connectivity index (χ2v) is 4.60. The van der Waals surface area contributed by atoms with Crippen molar-refractivity contribution in [3.8, 4) is 11.4 Å². The third kappa shape index (κ3) is 1.80. The zero-order valence-electron chi connectivity index (χ0n) is 9.76. The van der Waals surface area contributed by atoms with Gasteiger partial charge in [0.25, 0.3) is 0 Å². The minimum Gasteiger partial charge on any atom is -0.399 e. The largest absolute Gasteiger partial charge is 0.399 e. The molecule has 3 aromatic rings. The minimum absolute atomic E-state index is 0.595. The van der Waals surface area contributed by atoms with Gasteiger partial charge in [0.15, 0.2) is 11.5 Å². The molecule has 0 spiro atoms. The summed E-state index contributed by atoms with van der Waals surface area (Å²) >= 11 is 6.15. The summed E-state index contributed by atoms with van der Waals surface area (Å²) in [5, 5.41) is 5.01. The van der Waals surface area contributed by atoms with Crippen molar-refractivity contribution >= 4 is 22.9 Å². The molecule has 90 valence electrons. The number of aryl methyl sites for hydroxylation is 1. The van der Waals surface area contributed by atoms with Gasteiger partial charge in [-0.25, -0.2) is 9.50 Å². The summed E-state index contributed by atoms with van der Waals surface area (Å²) in [5.74, 6) is 0.620. The smallest absolute Gasteiger partial charge is 0.182 e. The zero-order valence-corrected chi connectivity index (χ0v) is 10.5. The molecule has 0 aliphatic rings. The summed E-state index contributed by atoms with van der Waals surface area (Å²) in [6.45, 7) is 1.97. The van der Waals surface area contributed by atoms with E-state index < -0.39 is 0 Å². The number of pyridine rings is 1. The van der Waals surface area contributed by atoms with E-state index >= 15 is 0 Å². The molecule has 5 heteroatoms. The van der Waals surface area contributed by atoms with Gasteiger partial charge in [-0.1, -0.05) is 23.7 Å².